The van der Waals surface area contributed by atoms with Crippen molar-refractivity contribution in [3.05, 3.63) is 29.6 Å². The van der Waals surface area contributed by atoms with E-state index in [0.29, 0.717) is 0 Å². The number of morpholine rings is 1. The average molecular weight is 276 g/mol. The van der Waals surface area contributed by atoms with E-state index in [1.165, 1.54) is 0 Å². The summed E-state index contributed by atoms with van der Waals surface area (Å²) in [6, 6.07) is 8.00. The molecule has 0 atom stereocenters. The van der Waals surface area contributed by atoms with Crippen LogP contribution in [0, 0.1) is 0 Å². The van der Waals surface area contributed by atoms with Crippen LogP contribution in [0.15, 0.2) is 29.6 Å². The monoisotopic (exact) mass is 276 g/mol. The molecule has 1 aliphatic rings. The molecule has 2 aromatic rings. The Morgan fingerprint density at radius 2 is 1.95 bits per heavy atom. The molecule has 1 aromatic carbocycles. The van der Waals surface area contributed by atoms with Crippen molar-refractivity contribution in [3.8, 4) is 17.0 Å². The van der Waals surface area contributed by atoms with Crippen molar-refractivity contribution in [1.82, 2.24) is 4.98 Å². The van der Waals surface area contributed by atoms with Crippen LogP contribution in [-0.2, 0) is 4.74 Å². The van der Waals surface area contributed by atoms with Gasteiger partial charge in [-0.15, -0.1) is 11.3 Å². The van der Waals surface area contributed by atoms with Gasteiger partial charge in [-0.2, -0.15) is 0 Å². The number of benzene rings is 1. The molecule has 1 aromatic heterocycles. The van der Waals surface area contributed by atoms with Gasteiger partial charge in [-0.3, -0.25) is 0 Å². The van der Waals surface area contributed by atoms with Crippen molar-refractivity contribution >= 4 is 16.5 Å². The van der Waals surface area contributed by atoms with Gasteiger partial charge >= 0.3 is 0 Å². The van der Waals surface area contributed by atoms with Crippen molar-refractivity contribution < 1.29 is 9.47 Å². The summed E-state index contributed by atoms with van der Waals surface area (Å²) in [5.74, 6) is 0.868. The molecule has 2 heterocycles. The second-order valence-corrected chi connectivity index (χ2v) is 5.18. The fourth-order valence-electron chi connectivity index (χ4n) is 2.06. The molecule has 1 aliphatic heterocycles. The van der Waals surface area contributed by atoms with Gasteiger partial charge in [0, 0.05) is 24.0 Å². The molecule has 1 saturated heterocycles. The molecule has 100 valence electrons. The van der Waals surface area contributed by atoms with E-state index in [9.17, 15) is 0 Å². The first-order valence-electron chi connectivity index (χ1n) is 6.29. The number of hydrogen-bond acceptors (Lipinski definition) is 5. The minimum Gasteiger partial charge on any atom is -0.497 e. The van der Waals surface area contributed by atoms with E-state index >= 15 is 0 Å². The van der Waals surface area contributed by atoms with Crippen LogP contribution in [0.5, 0.6) is 5.75 Å². The van der Waals surface area contributed by atoms with Crippen LogP contribution in [0.2, 0.25) is 0 Å². The van der Waals surface area contributed by atoms with E-state index in [-0.39, 0.29) is 0 Å². The molecular formula is C14H16N2O2S. The SMILES string of the molecule is COc1ccc(-c2csc(N3CCOCC3)n2)cc1. The topological polar surface area (TPSA) is 34.6 Å². The van der Waals surface area contributed by atoms with Crippen LogP contribution in [-0.4, -0.2) is 38.4 Å². The zero-order valence-corrected chi connectivity index (χ0v) is 11.7. The van der Waals surface area contributed by atoms with Gasteiger partial charge in [0.2, 0.25) is 0 Å². The standard InChI is InChI=1S/C14H16N2O2S/c1-17-12-4-2-11(3-5-12)13-10-19-14(15-13)16-6-8-18-9-7-16/h2-5,10H,6-9H2,1H3. The summed E-state index contributed by atoms with van der Waals surface area (Å²) in [6.45, 7) is 3.43. The van der Waals surface area contributed by atoms with E-state index in [1.54, 1.807) is 18.4 Å². The maximum Gasteiger partial charge on any atom is 0.186 e. The second-order valence-electron chi connectivity index (χ2n) is 4.34. The smallest absolute Gasteiger partial charge is 0.186 e. The second kappa shape index (κ2) is 5.59. The maximum absolute atomic E-state index is 5.36. The van der Waals surface area contributed by atoms with Crippen LogP contribution in [0.1, 0.15) is 0 Å². The third kappa shape index (κ3) is 2.72. The number of ether oxygens (including phenoxy) is 2. The Balaban J connectivity index is 1.79. The highest BCUT2D eigenvalue weighted by molar-refractivity contribution is 7.14. The summed E-state index contributed by atoms with van der Waals surface area (Å²) in [5, 5.41) is 3.18. The first-order chi connectivity index (χ1) is 9.36. The lowest BCUT2D eigenvalue weighted by Gasteiger charge is -2.26. The quantitative estimate of drug-likeness (QED) is 0.863. The van der Waals surface area contributed by atoms with Gasteiger partial charge < -0.3 is 14.4 Å². The van der Waals surface area contributed by atoms with Crippen molar-refractivity contribution in [2.45, 2.75) is 0 Å². The predicted octanol–water partition coefficient (Wildman–Crippen LogP) is 2.66. The zero-order valence-electron chi connectivity index (χ0n) is 10.8. The summed E-state index contributed by atoms with van der Waals surface area (Å²) >= 11 is 1.69. The third-order valence-corrected chi connectivity index (χ3v) is 4.06. The summed E-state index contributed by atoms with van der Waals surface area (Å²) < 4.78 is 10.5. The molecule has 0 aliphatic carbocycles. The Labute approximate surface area is 116 Å². The number of anilines is 1. The Hall–Kier alpha value is -1.59. The molecule has 5 heteroatoms. The lowest BCUT2D eigenvalue weighted by molar-refractivity contribution is 0.122. The number of rotatable bonds is 3. The van der Waals surface area contributed by atoms with Gasteiger partial charge in [0.1, 0.15) is 5.75 Å². The van der Waals surface area contributed by atoms with Gasteiger partial charge in [-0.1, -0.05) is 0 Å². The number of aromatic nitrogens is 1. The molecular weight excluding hydrogens is 260 g/mol. The summed E-state index contributed by atoms with van der Waals surface area (Å²) in [7, 11) is 1.67. The van der Waals surface area contributed by atoms with E-state index in [4.69, 9.17) is 14.5 Å². The summed E-state index contributed by atoms with van der Waals surface area (Å²) in [6.07, 6.45) is 0. The highest BCUT2D eigenvalue weighted by atomic mass is 32.1. The molecule has 0 radical (unpaired) electrons. The number of thiazole rings is 1. The lowest BCUT2D eigenvalue weighted by atomic mass is 10.2. The number of hydrogen-bond donors (Lipinski definition) is 0. The Morgan fingerprint density at radius 1 is 1.21 bits per heavy atom. The fourth-order valence-corrected chi connectivity index (χ4v) is 2.95. The zero-order chi connectivity index (χ0) is 13.1. The molecule has 0 saturated carbocycles. The lowest BCUT2D eigenvalue weighted by Crippen LogP contribution is -2.36. The van der Waals surface area contributed by atoms with Gasteiger partial charge in [0.25, 0.3) is 0 Å². The first-order valence-corrected chi connectivity index (χ1v) is 7.17. The van der Waals surface area contributed by atoms with Crippen molar-refractivity contribution in [2.75, 3.05) is 38.3 Å². The molecule has 1 fully saturated rings. The molecule has 4 nitrogen and oxygen atoms in total. The van der Waals surface area contributed by atoms with Crippen LogP contribution < -0.4 is 9.64 Å². The number of methoxy groups -OCH3 is 1. The number of nitrogens with zero attached hydrogens (tertiary/aromatic N) is 2. The van der Waals surface area contributed by atoms with E-state index in [1.807, 2.05) is 24.3 Å². The van der Waals surface area contributed by atoms with Gasteiger partial charge in [-0.05, 0) is 24.3 Å². The van der Waals surface area contributed by atoms with Gasteiger partial charge in [0.05, 0.1) is 26.0 Å². The van der Waals surface area contributed by atoms with Crippen molar-refractivity contribution in [3.63, 3.8) is 0 Å². The van der Waals surface area contributed by atoms with Gasteiger partial charge in [0.15, 0.2) is 5.13 Å². The van der Waals surface area contributed by atoms with E-state index < -0.39 is 0 Å². The van der Waals surface area contributed by atoms with Crippen molar-refractivity contribution in [1.29, 1.82) is 0 Å². The Morgan fingerprint density at radius 3 is 2.63 bits per heavy atom. The average Bonchev–Trinajstić information content (AvgIpc) is 2.98. The minimum atomic E-state index is 0.789. The molecule has 0 spiro atoms. The highest BCUT2D eigenvalue weighted by Gasteiger charge is 2.15. The summed E-state index contributed by atoms with van der Waals surface area (Å²) in [4.78, 5) is 6.99. The van der Waals surface area contributed by atoms with Crippen LogP contribution in [0.25, 0.3) is 11.3 Å². The van der Waals surface area contributed by atoms with Crippen molar-refractivity contribution in [2.24, 2.45) is 0 Å². The molecule has 19 heavy (non-hydrogen) atoms. The van der Waals surface area contributed by atoms with Crippen LogP contribution in [0.4, 0.5) is 5.13 Å². The van der Waals surface area contributed by atoms with Crippen LogP contribution in [0.3, 0.4) is 0 Å². The highest BCUT2D eigenvalue weighted by Crippen LogP contribution is 2.28. The van der Waals surface area contributed by atoms with Gasteiger partial charge in [-0.25, -0.2) is 4.98 Å². The molecule has 0 bridgehead atoms. The summed E-state index contributed by atoms with van der Waals surface area (Å²) in [5.41, 5.74) is 2.14. The largest absolute Gasteiger partial charge is 0.497 e. The van der Waals surface area contributed by atoms with Crippen LogP contribution >= 0.6 is 11.3 Å². The molecule has 3 rings (SSSR count). The molecule has 0 unspecified atom stereocenters. The maximum atomic E-state index is 5.36. The molecule has 0 N–H and O–H groups in total. The minimum absolute atomic E-state index is 0.789. The van der Waals surface area contributed by atoms with E-state index in [2.05, 4.69) is 10.3 Å². The Kier molecular flexibility index (Phi) is 3.66. The normalized spacial score (nSPS) is 15.5. The Bertz CT molecular complexity index is 533. The predicted molar refractivity (Wildman–Crippen MR) is 77.1 cm³/mol. The third-order valence-electron chi connectivity index (χ3n) is 3.16. The fraction of sp³-hybridized carbons (Fsp3) is 0.357. The van der Waals surface area contributed by atoms with E-state index in [0.717, 1.165) is 48.4 Å². The first kappa shape index (κ1) is 12.4. The molecule has 0 amide bonds.